The zero-order valence-corrected chi connectivity index (χ0v) is 13.0. The smallest absolute Gasteiger partial charge is 0.252 e. The van der Waals surface area contributed by atoms with E-state index in [2.05, 4.69) is 5.32 Å². The molecule has 0 bridgehead atoms. The molecule has 1 saturated heterocycles. The van der Waals surface area contributed by atoms with E-state index in [4.69, 9.17) is 9.47 Å². The van der Waals surface area contributed by atoms with Crippen LogP contribution in [0.2, 0.25) is 0 Å². The Kier molecular flexibility index (Phi) is 5.77. The highest BCUT2D eigenvalue weighted by Crippen LogP contribution is 2.17. The zero-order chi connectivity index (χ0) is 15.9. The van der Waals surface area contributed by atoms with Gasteiger partial charge in [0.05, 0.1) is 19.6 Å². The Morgan fingerprint density at radius 3 is 2.73 bits per heavy atom. The van der Waals surface area contributed by atoms with E-state index in [1.165, 1.54) is 0 Å². The molecule has 1 atom stereocenters. The Hall–Kier alpha value is -2.08. The van der Waals surface area contributed by atoms with E-state index in [9.17, 15) is 9.59 Å². The molecule has 22 heavy (non-hydrogen) atoms. The van der Waals surface area contributed by atoms with E-state index in [-0.39, 0.29) is 18.2 Å². The Labute approximate surface area is 130 Å². The first-order valence-electron chi connectivity index (χ1n) is 7.57. The van der Waals surface area contributed by atoms with Crippen molar-refractivity contribution in [1.29, 1.82) is 0 Å². The number of hydrogen-bond acceptors (Lipinski definition) is 4. The molecule has 120 valence electrons. The van der Waals surface area contributed by atoms with Gasteiger partial charge in [-0.3, -0.25) is 9.59 Å². The third-order valence-corrected chi connectivity index (χ3v) is 3.47. The van der Waals surface area contributed by atoms with Gasteiger partial charge in [-0.15, -0.1) is 0 Å². The van der Waals surface area contributed by atoms with Crippen LogP contribution in [0.5, 0.6) is 5.75 Å². The first-order chi connectivity index (χ1) is 10.6. The summed E-state index contributed by atoms with van der Waals surface area (Å²) in [6.45, 7) is 6.13. The van der Waals surface area contributed by atoms with Crippen LogP contribution in [-0.2, 0) is 14.3 Å². The van der Waals surface area contributed by atoms with Gasteiger partial charge in [-0.05, 0) is 38.1 Å². The molecule has 1 aliphatic heterocycles. The van der Waals surface area contributed by atoms with Crippen LogP contribution in [0.4, 0.5) is 5.69 Å². The molecule has 2 amide bonds. The van der Waals surface area contributed by atoms with E-state index in [1.54, 1.807) is 29.2 Å². The van der Waals surface area contributed by atoms with E-state index in [0.717, 1.165) is 5.75 Å². The lowest BCUT2D eigenvalue weighted by Crippen LogP contribution is -2.48. The summed E-state index contributed by atoms with van der Waals surface area (Å²) < 4.78 is 10.8. The highest BCUT2D eigenvalue weighted by atomic mass is 16.5. The number of amides is 2. The monoisotopic (exact) mass is 306 g/mol. The lowest BCUT2D eigenvalue weighted by atomic mass is 10.1. The lowest BCUT2D eigenvalue weighted by molar-refractivity contribution is -0.154. The van der Waals surface area contributed by atoms with Crippen molar-refractivity contribution in [2.24, 2.45) is 0 Å². The summed E-state index contributed by atoms with van der Waals surface area (Å²) in [4.78, 5) is 25.8. The summed E-state index contributed by atoms with van der Waals surface area (Å²) in [6, 6.07) is 7.12. The van der Waals surface area contributed by atoms with E-state index in [0.29, 0.717) is 32.0 Å². The molecule has 1 fully saturated rings. The fourth-order valence-electron chi connectivity index (χ4n) is 2.33. The van der Waals surface area contributed by atoms with Crippen molar-refractivity contribution in [2.45, 2.75) is 26.4 Å². The number of carbonyl (C=O) groups is 2. The number of anilines is 1. The number of nitrogens with one attached hydrogen (secondary N) is 1. The maximum absolute atomic E-state index is 12.1. The van der Waals surface area contributed by atoms with Gasteiger partial charge in [0.2, 0.25) is 5.91 Å². The molecule has 1 heterocycles. The molecular formula is C16H22N2O4. The maximum Gasteiger partial charge on any atom is 0.252 e. The Morgan fingerprint density at radius 2 is 2.09 bits per heavy atom. The van der Waals surface area contributed by atoms with Gasteiger partial charge in [0.15, 0.2) is 0 Å². The highest BCUT2D eigenvalue weighted by molar-refractivity contribution is 5.95. The van der Waals surface area contributed by atoms with Crippen LogP contribution in [-0.4, -0.2) is 49.1 Å². The second kappa shape index (κ2) is 7.79. The standard InChI is InChI=1S/C16H22N2O4/c1-3-18-9-10-22-14(16(18)20)11-15(19)17-12-5-7-13(8-6-12)21-4-2/h5-8,14H,3-4,9-11H2,1-2H3,(H,17,19)/t14-/m1/s1. The summed E-state index contributed by atoms with van der Waals surface area (Å²) in [7, 11) is 0. The predicted octanol–water partition coefficient (Wildman–Crippen LogP) is 1.66. The van der Waals surface area contributed by atoms with Gasteiger partial charge < -0.3 is 19.7 Å². The maximum atomic E-state index is 12.1. The molecule has 0 radical (unpaired) electrons. The minimum Gasteiger partial charge on any atom is -0.494 e. The molecule has 0 spiro atoms. The molecule has 1 aliphatic rings. The average Bonchev–Trinajstić information content (AvgIpc) is 2.51. The van der Waals surface area contributed by atoms with Gasteiger partial charge in [-0.1, -0.05) is 0 Å². The Balaban J connectivity index is 1.88. The van der Waals surface area contributed by atoms with Gasteiger partial charge in [-0.25, -0.2) is 0 Å². The molecule has 0 aliphatic carbocycles. The summed E-state index contributed by atoms with van der Waals surface area (Å²) >= 11 is 0. The SMILES string of the molecule is CCOc1ccc(NC(=O)C[C@H]2OCCN(CC)C2=O)cc1. The minimum atomic E-state index is -0.684. The fourth-order valence-corrected chi connectivity index (χ4v) is 2.33. The molecule has 0 aromatic heterocycles. The minimum absolute atomic E-state index is 0.0303. The van der Waals surface area contributed by atoms with Gasteiger partial charge in [0, 0.05) is 18.8 Å². The number of rotatable bonds is 6. The summed E-state index contributed by atoms with van der Waals surface area (Å²) in [5.74, 6) is 0.404. The van der Waals surface area contributed by atoms with Crippen molar-refractivity contribution in [3.63, 3.8) is 0 Å². The first kappa shape index (κ1) is 16.3. The number of hydrogen-bond donors (Lipinski definition) is 1. The number of likely N-dealkylation sites (N-methyl/N-ethyl adjacent to an activating group) is 1. The van der Waals surface area contributed by atoms with Crippen molar-refractivity contribution in [1.82, 2.24) is 4.90 Å². The second-order valence-corrected chi connectivity index (χ2v) is 4.99. The first-order valence-corrected chi connectivity index (χ1v) is 7.57. The van der Waals surface area contributed by atoms with Crippen LogP contribution in [0.1, 0.15) is 20.3 Å². The number of nitrogens with zero attached hydrogens (tertiary/aromatic N) is 1. The van der Waals surface area contributed by atoms with Crippen LogP contribution in [0.3, 0.4) is 0 Å². The summed E-state index contributed by atoms with van der Waals surface area (Å²) in [5.41, 5.74) is 0.670. The zero-order valence-electron chi connectivity index (χ0n) is 13.0. The molecule has 1 aromatic rings. The van der Waals surface area contributed by atoms with Crippen LogP contribution < -0.4 is 10.1 Å². The number of ether oxygens (including phenoxy) is 2. The fraction of sp³-hybridized carbons (Fsp3) is 0.500. The van der Waals surface area contributed by atoms with E-state index >= 15 is 0 Å². The molecule has 0 saturated carbocycles. The molecule has 1 N–H and O–H groups in total. The van der Waals surface area contributed by atoms with Gasteiger partial charge in [0.1, 0.15) is 11.9 Å². The van der Waals surface area contributed by atoms with Crippen LogP contribution >= 0.6 is 0 Å². The average molecular weight is 306 g/mol. The Bertz CT molecular complexity index is 515. The normalized spacial score (nSPS) is 18.2. The lowest BCUT2D eigenvalue weighted by Gasteiger charge is -2.31. The van der Waals surface area contributed by atoms with E-state index in [1.807, 2.05) is 13.8 Å². The molecular weight excluding hydrogens is 284 g/mol. The van der Waals surface area contributed by atoms with Crippen molar-refractivity contribution >= 4 is 17.5 Å². The van der Waals surface area contributed by atoms with Crippen LogP contribution in [0.15, 0.2) is 24.3 Å². The summed E-state index contributed by atoms with van der Waals surface area (Å²) in [6.07, 6.45) is -0.654. The number of benzene rings is 1. The van der Waals surface area contributed by atoms with Crippen LogP contribution in [0, 0.1) is 0 Å². The third-order valence-electron chi connectivity index (χ3n) is 3.47. The van der Waals surface area contributed by atoms with Crippen molar-refractivity contribution in [2.75, 3.05) is 31.6 Å². The molecule has 0 unspecified atom stereocenters. The number of morpholine rings is 1. The molecule has 1 aromatic carbocycles. The van der Waals surface area contributed by atoms with Crippen molar-refractivity contribution in [3.8, 4) is 5.75 Å². The summed E-state index contributed by atoms with van der Waals surface area (Å²) in [5, 5.41) is 2.77. The number of carbonyl (C=O) groups excluding carboxylic acids is 2. The highest BCUT2D eigenvalue weighted by Gasteiger charge is 2.30. The van der Waals surface area contributed by atoms with Crippen molar-refractivity contribution in [3.05, 3.63) is 24.3 Å². The molecule has 6 nitrogen and oxygen atoms in total. The topological polar surface area (TPSA) is 67.9 Å². The van der Waals surface area contributed by atoms with E-state index < -0.39 is 6.10 Å². The van der Waals surface area contributed by atoms with Crippen molar-refractivity contribution < 1.29 is 19.1 Å². The largest absolute Gasteiger partial charge is 0.494 e. The van der Waals surface area contributed by atoms with Gasteiger partial charge in [0.25, 0.3) is 5.91 Å². The second-order valence-electron chi connectivity index (χ2n) is 4.99. The van der Waals surface area contributed by atoms with Gasteiger partial charge >= 0.3 is 0 Å². The molecule has 2 rings (SSSR count). The Morgan fingerprint density at radius 1 is 1.36 bits per heavy atom. The van der Waals surface area contributed by atoms with Crippen LogP contribution in [0.25, 0.3) is 0 Å². The molecule has 6 heteroatoms. The van der Waals surface area contributed by atoms with Gasteiger partial charge in [-0.2, -0.15) is 0 Å². The third kappa shape index (κ3) is 4.21. The quantitative estimate of drug-likeness (QED) is 0.868. The predicted molar refractivity (Wildman–Crippen MR) is 82.9 cm³/mol.